The third-order valence-corrected chi connectivity index (χ3v) is 3.82. The van der Waals surface area contributed by atoms with Gasteiger partial charge in [0, 0.05) is 11.5 Å². The molecule has 0 aliphatic carbocycles. The molecule has 2 aromatic rings. The number of rotatable bonds is 3. The van der Waals surface area contributed by atoms with E-state index in [1.807, 2.05) is 18.2 Å². The highest BCUT2D eigenvalue weighted by molar-refractivity contribution is 9.10. The predicted octanol–water partition coefficient (Wildman–Crippen LogP) is 1.78. The van der Waals surface area contributed by atoms with Crippen LogP contribution in [0.25, 0.3) is 0 Å². The molecule has 17 heavy (non-hydrogen) atoms. The number of hydrogen-bond acceptors (Lipinski definition) is 4. The topological polar surface area (TPSA) is 68.8 Å². The molecule has 0 saturated heterocycles. The Labute approximate surface area is 112 Å². The zero-order valence-corrected chi connectivity index (χ0v) is 11.4. The number of aromatic nitrogens is 3. The lowest BCUT2D eigenvalue weighted by molar-refractivity contribution is 0.570. The molecule has 90 valence electrons. The fourth-order valence-electron chi connectivity index (χ4n) is 1.64. The molecule has 1 atom stereocenters. The third-order valence-electron chi connectivity index (χ3n) is 2.50. The molecule has 0 fully saturated rings. The standard InChI is InChI=1S/C10H11BrClN5/c1-17-8(5-14-16-17)10(15-13)6-3-2-4-7(11)9(6)12/h2-5,10,15H,13H2,1H3. The monoisotopic (exact) mass is 315 g/mol. The Balaban J connectivity index is 2.50. The summed E-state index contributed by atoms with van der Waals surface area (Å²) in [6, 6.07) is 5.44. The van der Waals surface area contributed by atoms with Gasteiger partial charge in [0.2, 0.25) is 0 Å². The van der Waals surface area contributed by atoms with Crippen LogP contribution in [0.15, 0.2) is 28.9 Å². The van der Waals surface area contributed by atoms with Gasteiger partial charge < -0.3 is 0 Å². The number of nitrogens with one attached hydrogen (secondary N) is 1. The van der Waals surface area contributed by atoms with Crippen LogP contribution in [-0.2, 0) is 7.05 Å². The van der Waals surface area contributed by atoms with E-state index in [0.717, 1.165) is 15.7 Å². The number of hydrazine groups is 1. The minimum atomic E-state index is -0.250. The first-order chi connectivity index (χ1) is 8.15. The lowest BCUT2D eigenvalue weighted by Gasteiger charge is -2.17. The number of nitrogens with two attached hydrogens (primary N) is 1. The van der Waals surface area contributed by atoms with E-state index < -0.39 is 0 Å². The summed E-state index contributed by atoms with van der Waals surface area (Å²) in [6.45, 7) is 0. The third kappa shape index (κ3) is 2.35. The van der Waals surface area contributed by atoms with Crippen LogP contribution in [0.3, 0.4) is 0 Å². The minimum absolute atomic E-state index is 0.250. The Bertz CT molecular complexity index is 527. The summed E-state index contributed by atoms with van der Waals surface area (Å²) in [4.78, 5) is 0. The minimum Gasteiger partial charge on any atom is -0.271 e. The van der Waals surface area contributed by atoms with E-state index in [1.165, 1.54) is 0 Å². The summed E-state index contributed by atoms with van der Waals surface area (Å²) >= 11 is 9.63. The summed E-state index contributed by atoms with van der Waals surface area (Å²) in [5, 5.41) is 8.33. The fourth-order valence-corrected chi connectivity index (χ4v) is 2.25. The molecular formula is C10H11BrClN5. The average Bonchev–Trinajstić information content (AvgIpc) is 2.72. The Kier molecular flexibility index (Phi) is 3.78. The van der Waals surface area contributed by atoms with Gasteiger partial charge in [-0.3, -0.25) is 10.5 Å². The number of nitrogens with zero attached hydrogens (tertiary/aromatic N) is 3. The molecule has 0 spiro atoms. The first kappa shape index (κ1) is 12.5. The van der Waals surface area contributed by atoms with Crippen LogP contribution >= 0.6 is 27.5 Å². The van der Waals surface area contributed by atoms with Crippen LogP contribution in [0.1, 0.15) is 17.3 Å². The van der Waals surface area contributed by atoms with E-state index in [2.05, 4.69) is 31.7 Å². The maximum Gasteiger partial charge on any atom is 0.0909 e. The molecule has 1 unspecified atom stereocenters. The predicted molar refractivity (Wildman–Crippen MR) is 69.3 cm³/mol. The molecule has 0 radical (unpaired) electrons. The quantitative estimate of drug-likeness (QED) is 0.669. The molecule has 0 amide bonds. The smallest absolute Gasteiger partial charge is 0.0909 e. The van der Waals surface area contributed by atoms with Gasteiger partial charge in [-0.1, -0.05) is 28.9 Å². The summed E-state index contributed by atoms with van der Waals surface area (Å²) in [5.41, 5.74) is 4.43. The van der Waals surface area contributed by atoms with E-state index in [0.29, 0.717) is 5.02 Å². The zero-order chi connectivity index (χ0) is 12.4. The molecule has 7 heteroatoms. The molecule has 0 saturated carbocycles. The molecule has 5 nitrogen and oxygen atoms in total. The largest absolute Gasteiger partial charge is 0.271 e. The van der Waals surface area contributed by atoms with Crippen LogP contribution in [0, 0.1) is 0 Å². The maximum absolute atomic E-state index is 6.24. The fraction of sp³-hybridized carbons (Fsp3) is 0.200. The second-order valence-electron chi connectivity index (χ2n) is 3.53. The van der Waals surface area contributed by atoms with Gasteiger partial charge in [-0.2, -0.15) is 0 Å². The van der Waals surface area contributed by atoms with Crippen molar-refractivity contribution in [1.29, 1.82) is 0 Å². The SMILES string of the molecule is Cn1nncc1C(NN)c1cccc(Br)c1Cl. The van der Waals surface area contributed by atoms with Gasteiger partial charge in [0.15, 0.2) is 0 Å². The van der Waals surface area contributed by atoms with Crippen LogP contribution in [-0.4, -0.2) is 15.0 Å². The van der Waals surface area contributed by atoms with Crippen molar-refractivity contribution in [3.63, 3.8) is 0 Å². The van der Waals surface area contributed by atoms with Crippen molar-refractivity contribution >= 4 is 27.5 Å². The molecule has 2 rings (SSSR count). The second kappa shape index (κ2) is 5.14. The first-order valence-corrected chi connectivity index (χ1v) is 6.07. The van der Waals surface area contributed by atoms with E-state index in [1.54, 1.807) is 17.9 Å². The average molecular weight is 317 g/mol. The highest BCUT2D eigenvalue weighted by Gasteiger charge is 2.20. The Morgan fingerprint density at radius 3 is 2.88 bits per heavy atom. The van der Waals surface area contributed by atoms with E-state index >= 15 is 0 Å². The molecule has 1 aromatic carbocycles. The van der Waals surface area contributed by atoms with Crippen LogP contribution < -0.4 is 11.3 Å². The summed E-state index contributed by atoms with van der Waals surface area (Å²) in [7, 11) is 1.80. The lowest BCUT2D eigenvalue weighted by Crippen LogP contribution is -2.30. The lowest BCUT2D eigenvalue weighted by atomic mass is 10.0. The first-order valence-electron chi connectivity index (χ1n) is 4.89. The molecule has 1 aromatic heterocycles. The Hall–Kier alpha value is -0.950. The van der Waals surface area contributed by atoms with Crippen molar-refractivity contribution in [3.8, 4) is 0 Å². The molecule has 0 aliphatic heterocycles. The molecular weight excluding hydrogens is 306 g/mol. The van der Waals surface area contributed by atoms with E-state index in [4.69, 9.17) is 17.4 Å². The van der Waals surface area contributed by atoms with E-state index in [9.17, 15) is 0 Å². The van der Waals surface area contributed by atoms with Crippen molar-refractivity contribution in [2.24, 2.45) is 12.9 Å². The Morgan fingerprint density at radius 1 is 1.53 bits per heavy atom. The van der Waals surface area contributed by atoms with Gasteiger partial charge >= 0.3 is 0 Å². The zero-order valence-electron chi connectivity index (χ0n) is 9.06. The van der Waals surface area contributed by atoms with Crippen molar-refractivity contribution < 1.29 is 0 Å². The van der Waals surface area contributed by atoms with Gasteiger partial charge in [-0.15, -0.1) is 5.10 Å². The molecule has 0 aliphatic rings. The van der Waals surface area contributed by atoms with Gasteiger partial charge in [-0.25, -0.2) is 5.43 Å². The number of hydrogen-bond donors (Lipinski definition) is 2. The van der Waals surface area contributed by atoms with Gasteiger partial charge in [0.1, 0.15) is 0 Å². The van der Waals surface area contributed by atoms with Crippen molar-refractivity contribution in [1.82, 2.24) is 20.4 Å². The summed E-state index contributed by atoms with van der Waals surface area (Å²) in [6.07, 6.45) is 1.65. The van der Waals surface area contributed by atoms with Crippen LogP contribution in [0.5, 0.6) is 0 Å². The molecule has 3 N–H and O–H groups in total. The van der Waals surface area contributed by atoms with Crippen LogP contribution in [0.2, 0.25) is 5.02 Å². The Morgan fingerprint density at radius 2 is 2.29 bits per heavy atom. The van der Waals surface area contributed by atoms with Gasteiger partial charge in [-0.05, 0) is 27.6 Å². The highest BCUT2D eigenvalue weighted by Crippen LogP contribution is 2.32. The summed E-state index contributed by atoms with van der Waals surface area (Å²) in [5.74, 6) is 5.59. The second-order valence-corrected chi connectivity index (χ2v) is 4.76. The highest BCUT2D eigenvalue weighted by atomic mass is 79.9. The summed E-state index contributed by atoms with van der Waals surface area (Å²) < 4.78 is 2.48. The molecule has 0 bridgehead atoms. The number of halogens is 2. The van der Waals surface area contributed by atoms with Gasteiger partial charge in [0.25, 0.3) is 0 Å². The van der Waals surface area contributed by atoms with Crippen molar-refractivity contribution in [3.05, 3.63) is 45.1 Å². The van der Waals surface area contributed by atoms with Gasteiger partial charge in [0.05, 0.1) is 23.0 Å². The number of benzene rings is 1. The van der Waals surface area contributed by atoms with Crippen LogP contribution in [0.4, 0.5) is 0 Å². The van der Waals surface area contributed by atoms with Crippen molar-refractivity contribution in [2.75, 3.05) is 0 Å². The van der Waals surface area contributed by atoms with E-state index in [-0.39, 0.29) is 6.04 Å². The molecule has 1 heterocycles. The maximum atomic E-state index is 6.24. The normalized spacial score (nSPS) is 12.7. The van der Waals surface area contributed by atoms with Crippen molar-refractivity contribution in [2.45, 2.75) is 6.04 Å². The number of aryl methyl sites for hydroxylation is 1.